The van der Waals surface area contributed by atoms with Gasteiger partial charge in [0.2, 0.25) is 5.91 Å². The lowest BCUT2D eigenvalue weighted by Crippen LogP contribution is -2.33. The van der Waals surface area contributed by atoms with Gasteiger partial charge in [0.15, 0.2) is 0 Å². The predicted molar refractivity (Wildman–Crippen MR) is 98.1 cm³/mol. The van der Waals surface area contributed by atoms with Gasteiger partial charge in [0.05, 0.1) is 25.2 Å². The van der Waals surface area contributed by atoms with Crippen molar-refractivity contribution in [3.63, 3.8) is 0 Å². The summed E-state index contributed by atoms with van der Waals surface area (Å²) in [5.74, 6) is 0.0522. The van der Waals surface area contributed by atoms with Crippen LogP contribution in [-0.4, -0.2) is 12.5 Å². The fourth-order valence-electron chi connectivity index (χ4n) is 4.05. The van der Waals surface area contributed by atoms with E-state index in [4.69, 9.17) is 10.5 Å². The van der Waals surface area contributed by atoms with Crippen LogP contribution in [0, 0.1) is 0 Å². The Morgan fingerprint density at radius 2 is 2.00 bits per heavy atom. The van der Waals surface area contributed by atoms with E-state index in [-0.39, 0.29) is 18.1 Å². The minimum atomic E-state index is -0.139. The average Bonchev–Trinajstić information content (AvgIpc) is 2.62. The van der Waals surface area contributed by atoms with Crippen molar-refractivity contribution >= 4 is 11.6 Å². The number of amides is 1. The summed E-state index contributed by atoms with van der Waals surface area (Å²) in [7, 11) is 0. The Labute approximate surface area is 148 Å². The molecule has 25 heavy (non-hydrogen) atoms. The molecule has 2 atom stereocenters. The Kier molecular flexibility index (Phi) is 4.45. The van der Waals surface area contributed by atoms with E-state index in [2.05, 4.69) is 23.5 Å². The number of nitrogens with one attached hydrogen (secondary N) is 1. The monoisotopic (exact) mass is 336 g/mol. The zero-order valence-corrected chi connectivity index (χ0v) is 14.3. The van der Waals surface area contributed by atoms with Crippen molar-refractivity contribution in [1.82, 2.24) is 5.32 Å². The van der Waals surface area contributed by atoms with Crippen LogP contribution in [0.25, 0.3) is 0 Å². The van der Waals surface area contributed by atoms with Gasteiger partial charge in [0, 0.05) is 5.69 Å². The number of hydrogen-bond acceptors (Lipinski definition) is 3. The molecule has 0 aromatic heterocycles. The number of ether oxygens (including phenoxy) is 1. The summed E-state index contributed by atoms with van der Waals surface area (Å²) in [6, 6.07) is 14.4. The molecule has 4 heteroatoms. The van der Waals surface area contributed by atoms with Crippen molar-refractivity contribution in [3.8, 4) is 0 Å². The summed E-state index contributed by atoms with van der Waals surface area (Å²) in [4.78, 5) is 12.7. The van der Waals surface area contributed by atoms with Crippen molar-refractivity contribution in [2.75, 3.05) is 12.3 Å². The second-order valence-corrected chi connectivity index (χ2v) is 6.98. The Morgan fingerprint density at radius 3 is 2.92 bits per heavy atom. The molecule has 2 aliphatic rings. The van der Waals surface area contributed by atoms with Crippen LogP contribution in [0.15, 0.2) is 42.5 Å². The molecule has 1 heterocycles. The van der Waals surface area contributed by atoms with Gasteiger partial charge in [-0.1, -0.05) is 30.3 Å². The molecule has 3 N–H and O–H groups in total. The molecular formula is C21H24N2O2. The van der Waals surface area contributed by atoms with Gasteiger partial charge >= 0.3 is 0 Å². The predicted octanol–water partition coefficient (Wildman–Crippen LogP) is 3.47. The molecule has 0 fully saturated rings. The molecule has 4 rings (SSSR count). The van der Waals surface area contributed by atoms with Crippen LogP contribution < -0.4 is 11.1 Å². The van der Waals surface area contributed by atoms with Crippen molar-refractivity contribution in [1.29, 1.82) is 0 Å². The lowest BCUT2D eigenvalue weighted by atomic mass is 9.87. The Balaban J connectivity index is 1.46. The smallest absolute Gasteiger partial charge is 0.223 e. The van der Waals surface area contributed by atoms with E-state index in [1.54, 1.807) is 0 Å². The number of benzene rings is 2. The van der Waals surface area contributed by atoms with E-state index in [9.17, 15) is 4.79 Å². The SMILES string of the molecule is Nc1ccc2c(c1)CCCC2NC(=O)CC1OCCc2ccccc21. The van der Waals surface area contributed by atoms with Gasteiger partial charge in [-0.15, -0.1) is 0 Å². The largest absolute Gasteiger partial charge is 0.399 e. The van der Waals surface area contributed by atoms with Crippen molar-refractivity contribution in [3.05, 3.63) is 64.7 Å². The zero-order valence-electron chi connectivity index (χ0n) is 14.3. The third-order valence-electron chi connectivity index (χ3n) is 5.28. The van der Waals surface area contributed by atoms with Crippen LogP contribution in [0.1, 0.15) is 53.7 Å². The van der Waals surface area contributed by atoms with Gasteiger partial charge < -0.3 is 15.8 Å². The van der Waals surface area contributed by atoms with E-state index in [1.165, 1.54) is 16.7 Å². The third-order valence-corrected chi connectivity index (χ3v) is 5.28. The molecule has 130 valence electrons. The molecular weight excluding hydrogens is 312 g/mol. The lowest BCUT2D eigenvalue weighted by molar-refractivity contribution is -0.125. The number of hydrogen-bond donors (Lipinski definition) is 2. The van der Waals surface area contributed by atoms with Gasteiger partial charge in [-0.2, -0.15) is 0 Å². The number of fused-ring (bicyclic) bond motifs is 2. The second-order valence-electron chi connectivity index (χ2n) is 6.98. The molecule has 2 unspecified atom stereocenters. The summed E-state index contributed by atoms with van der Waals surface area (Å²) in [5.41, 5.74) is 11.6. The topological polar surface area (TPSA) is 64.3 Å². The van der Waals surface area contributed by atoms with E-state index in [1.807, 2.05) is 24.3 Å². The molecule has 2 aromatic carbocycles. The molecule has 1 aliphatic carbocycles. The quantitative estimate of drug-likeness (QED) is 0.844. The molecule has 1 aliphatic heterocycles. The maximum atomic E-state index is 12.7. The number of nitrogens with two attached hydrogens (primary N) is 1. The highest BCUT2D eigenvalue weighted by Crippen LogP contribution is 2.33. The normalized spacial score (nSPS) is 21.9. The molecule has 0 bridgehead atoms. The minimum absolute atomic E-state index is 0.0522. The standard InChI is InChI=1S/C21H24N2O2/c22-16-8-9-17-15(12-16)5-3-7-19(17)23-21(24)13-20-18-6-2-1-4-14(18)10-11-25-20/h1-2,4,6,8-9,12,19-20H,3,5,7,10-11,13,22H2,(H,23,24). The van der Waals surface area contributed by atoms with Gasteiger partial charge in [-0.25, -0.2) is 0 Å². The molecule has 2 aromatic rings. The Hall–Kier alpha value is -2.33. The minimum Gasteiger partial charge on any atom is -0.399 e. The molecule has 0 spiro atoms. The summed E-state index contributed by atoms with van der Waals surface area (Å²) in [5, 5.41) is 3.21. The van der Waals surface area contributed by atoms with Crippen molar-refractivity contribution in [2.45, 2.75) is 44.2 Å². The van der Waals surface area contributed by atoms with Gasteiger partial charge in [0.25, 0.3) is 0 Å². The van der Waals surface area contributed by atoms with Gasteiger partial charge in [0.1, 0.15) is 0 Å². The van der Waals surface area contributed by atoms with E-state index in [0.717, 1.165) is 36.9 Å². The Morgan fingerprint density at radius 1 is 1.12 bits per heavy atom. The number of aryl methyl sites for hydroxylation is 1. The first-order chi connectivity index (χ1) is 12.2. The first-order valence-electron chi connectivity index (χ1n) is 9.08. The number of rotatable bonds is 3. The zero-order chi connectivity index (χ0) is 17.2. The lowest BCUT2D eigenvalue weighted by Gasteiger charge is -2.29. The van der Waals surface area contributed by atoms with E-state index in [0.29, 0.717) is 13.0 Å². The van der Waals surface area contributed by atoms with Crippen LogP contribution in [0.3, 0.4) is 0 Å². The molecule has 0 saturated carbocycles. The van der Waals surface area contributed by atoms with Crippen molar-refractivity contribution in [2.24, 2.45) is 0 Å². The van der Waals surface area contributed by atoms with Crippen LogP contribution in [-0.2, 0) is 22.4 Å². The third kappa shape index (κ3) is 3.40. The van der Waals surface area contributed by atoms with Crippen LogP contribution in [0.2, 0.25) is 0 Å². The highest BCUT2D eigenvalue weighted by molar-refractivity contribution is 5.77. The van der Waals surface area contributed by atoms with E-state index < -0.39 is 0 Å². The van der Waals surface area contributed by atoms with Crippen LogP contribution in [0.4, 0.5) is 5.69 Å². The van der Waals surface area contributed by atoms with Crippen molar-refractivity contribution < 1.29 is 9.53 Å². The molecule has 4 nitrogen and oxygen atoms in total. The molecule has 1 amide bonds. The highest BCUT2D eigenvalue weighted by atomic mass is 16.5. The first kappa shape index (κ1) is 16.2. The average molecular weight is 336 g/mol. The first-order valence-corrected chi connectivity index (χ1v) is 9.08. The van der Waals surface area contributed by atoms with E-state index >= 15 is 0 Å². The van der Waals surface area contributed by atoms with Gasteiger partial charge in [-0.05, 0) is 60.1 Å². The second kappa shape index (κ2) is 6.89. The van der Waals surface area contributed by atoms with Crippen LogP contribution >= 0.6 is 0 Å². The van der Waals surface area contributed by atoms with Gasteiger partial charge in [-0.3, -0.25) is 4.79 Å². The number of nitrogen functional groups attached to an aromatic ring is 1. The summed E-state index contributed by atoms with van der Waals surface area (Å²) in [6.07, 6.45) is 4.24. The summed E-state index contributed by atoms with van der Waals surface area (Å²) < 4.78 is 5.87. The number of anilines is 1. The summed E-state index contributed by atoms with van der Waals surface area (Å²) >= 11 is 0. The summed E-state index contributed by atoms with van der Waals surface area (Å²) in [6.45, 7) is 0.681. The highest BCUT2D eigenvalue weighted by Gasteiger charge is 2.26. The van der Waals surface area contributed by atoms with Crippen LogP contribution in [0.5, 0.6) is 0 Å². The maximum Gasteiger partial charge on any atom is 0.223 e. The molecule has 0 saturated heterocycles. The maximum absolute atomic E-state index is 12.7. The number of carbonyl (C=O) groups excluding carboxylic acids is 1. The number of carbonyl (C=O) groups is 1. The fourth-order valence-corrected chi connectivity index (χ4v) is 4.05. The Bertz CT molecular complexity index is 787. The fraction of sp³-hybridized carbons (Fsp3) is 0.381. The molecule has 0 radical (unpaired) electrons.